The van der Waals surface area contributed by atoms with E-state index in [0.29, 0.717) is 5.25 Å². The van der Waals surface area contributed by atoms with E-state index in [2.05, 4.69) is 5.92 Å². The quantitative estimate of drug-likeness (QED) is 0.412. The third-order valence-corrected chi connectivity index (χ3v) is 5.32. The first kappa shape index (κ1) is 7.63. The second kappa shape index (κ2) is 3.63. The molecule has 0 spiro atoms. The summed E-state index contributed by atoms with van der Waals surface area (Å²) in [5.74, 6) is 2.68. The van der Waals surface area contributed by atoms with E-state index in [-0.39, 0.29) is 0 Å². The van der Waals surface area contributed by atoms with E-state index in [1.807, 2.05) is 0 Å². The summed E-state index contributed by atoms with van der Waals surface area (Å²) in [6.07, 6.45) is 5.18. The first-order chi connectivity index (χ1) is 4.33. The molecule has 1 saturated heterocycles. The summed E-state index contributed by atoms with van der Waals surface area (Å²) in [6.45, 7) is 0.764. The molecular formula is C5H7OPS2. The van der Waals surface area contributed by atoms with Crippen molar-refractivity contribution in [3.8, 4) is 12.3 Å². The molecular weight excluding hydrogens is 171 g/mol. The van der Waals surface area contributed by atoms with Crippen molar-refractivity contribution in [2.75, 3.05) is 6.61 Å². The Bertz CT molecular complexity index is 163. The molecule has 0 saturated carbocycles. The van der Waals surface area contributed by atoms with E-state index < -0.39 is 6.13 Å². The van der Waals surface area contributed by atoms with Gasteiger partial charge >= 0.3 is 0 Å². The molecule has 1 fully saturated rings. The SMILES string of the molecule is C#CC1CCO[PH](=S)S1. The normalized spacial score (nSPS) is 35.4. The molecule has 9 heavy (non-hydrogen) atoms. The van der Waals surface area contributed by atoms with Gasteiger partial charge in [0, 0.05) is 0 Å². The van der Waals surface area contributed by atoms with Crippen LogP contribution in [0.4, 0.5) is 0 Å². The first-order valence-electron chi connectivity index (χ1n) is 2.62. The van der Waals surface area contributed by atoms with Crippen LogP contribution in [-0.2, 0) is 16.3 Å². The lowest BCUT2D eigenvalue weighted by atomic mass is 10.3. The lowest BCUT2D eigenvalue weighted by Crippen LogP contribution is -2.05. The highest BCUT2D eigenvalue weighted by Crippen LogP contribution is 2.46. The minimum Gasteiger partial charge on any atom is -0.344 e. The van der Waals surface area contributed by atoms with E-state index in [0.717, 1.165) is 13.0 Å². The van der Waals surface area contributed by atoms with Gasteiger partial charge in [0.05, 0.1) is 11.9 Å². The number of hydrogen-bond donors (Lipinski definition) is 0. The van der Waals surface area contributed by atoms with Crippen LogP contribution in [0.2, 0.25) is 0 Å². The number of terminal acetylenes is 1. The van der Waals surface area contributed by atoms with Crippen molar-refractivity contribution >= 4 is 29.3 Å². The molecule has 1 heterocycles. The standard InChI is InChI=1S/C5H7OPS2/c1-2-5-3-4-6-7(8)9-5/h1,5,7H,3-4H2. The summed E-state index contributed by atoms with van der Waals surface area (Å²) in [6, 6.07) is 0. The minimum absolute atomic E-state index is 0.324. The topological polar surface area (TPSA) is 9.23 Å². The summed E-state index contributed by atoms with van der Waals surface area (Å²) < 4.78 is 5.19. The van der Waals surface area contributed by atoms with Gasteiger partial charge in [0.25, 0.3) is 0 Å². The van der Waals surface area contributed by atoms with Crippen molar-refractivity contribution in [3.63, 3.8) is 0 Å². The molecule has 0 aromatic heterocycles. The molecule has 1 aliphatic rings. The van der Waals surface area contributed by atoms with Gasteiger partial charge < -0.3 is 4.52 Å². The van der Waals surface area contributed by atoms with Gasteiger partial charge in [0.2, 0.25) is 0 Å². The van der Waals surface area contributed by atoms with Crippen LogP contribution in [-0.4, -0.2) is 11.9 Å². The van der Waals surface area contributed by atoms with Crippen molar-refractivity contribution in [1.82, 2.24) is 0 Å². The zero-order valence-electron chi connectivity index (χ0n) is 4.79. The van der Waals surface area contributed by atoms with Crippen molar-refractivity contribution in [2.45, 2.75) is 11.7 Å². The Morgan fingerprint density at radius 1 is 1.89 bits per heavy atom. The van der Waals surface area contributed by atoms with Crippen LogP contribution in [0.5, 0.6) is 0 Å². The Kier molecular flexibility index (Phi) is 3.08. The second-order valence-corrected chi connectivity index (χ2v) is 6.96. The van der Waals surface area contributed by atoms with E-state index in [4.69, 9.17) is 22.8 Å². The van der Waals surface area contributed by atoms with Crippen LogP contribution in [0, 0.1) is 12.3 Å². The fourth-order valence-electron chi connectivity index (χ4n) is 0.576. The highest BCUT2D eigenvalue weighted by Gasteiger charge is 2.13. The molecule has 2 atom stereocenters. The summed E-state index contributed by atoms with van der Waals surface area (Å²) in [5, 5.41) is 0.324. The monoisotopic (exact) mass is 178 g/mol. The molecule has 0 amide bonds. The molecule has 4 heteroatoms. The van der Waals surface area contributed by atoms with Gasteiger partial charge in [0.15, 0.2) is 0 Å². The highest BCUT2D eigenvalue weighted by molar-refractivity contribution is 8.63. The third kappa shape index (κ3) is 2.31. The Balaban J connectivity index is 2.43. The number of hydrogen-bond acceptors (Lipinski definition) is 3. The zero-order valence-corrected chi connectivity index (χ0v) is 7.43. The van der Waals surface area contributed by atoms with Gasteiger partial charge in [-0.05, 0) is 6.42 Å². The maximum atomic E-state index is 5.21. The second-order valence-electron chi connectivity index (χ2n) is 1.66. The Morgan fingerprint density at radius 2 is 2.67 bits per heavy atom. The molecule has 50 valence electrons. The van der Waals surface area contributed by atoms with Crippen molar-refractivity contribution < 1.29 is 4.52 Å². The van der Waals surface area contributed by atoms with Gasteiger partial charge in [-0.2, -0.15) is 0 Å². The average Bonchev–Trinajstić information content (AvgIpc) is 1.88. The molecule has 0 N–H and O–H groups in total. The van der Waals surface area contributed by atoms with Gasteiger partial charge in [-0.3, -0.25) is 0 Å². The van der Waals surface area contributed by atoms with Gasteiger partial charge in [-0.25, -0.2) is 0 Å². The summed E-state index contributed by atoms with van der Waals surface area (Å²) in [5.41, 5.74) is 0. The molecule has 0 aromatic carbocycles. The largest absolute Gasteiger partial charge is 0.344 e. The van der Waals surface area contributed by atoms with Crippen LogP contribution < -0.4 is 0 Å². The Labute approximate surface area is 64.8 Å². The lowest BCUT2D eigenvalue weighted by molar-refractivity contribution is 0.359. The molecule has 1 nitrogen and oxygen atoms in total. The molecule has 0 aliphatic carbocycles. The molecule has 2 unspecified atom stereocenters. The van der Waals surface area contributed by atoms with Gasteiger partial charge in [0.1, 0.15) is 6.13 Å². The maximum absolute atomic E-state index is 5.21. The minimum atomic E-state index is -0.996. The number of rotatable bonds is 0. The maximum Gasteiger partial charge on any atom is 0.108 e. The fourth-order valence-corrected chi connectivity index (χ4v) is 4.45. The van der Waals surface area contributed by atoms with Crippen molar-refractivity contribution in [2.24, 2.45) is 0 Å². The summed E-state index contributed by atoms with van der Waals surface area (Å²) >= 11 is 6.62. The zero-order chi connectivity index (χ0) is 6.69. The van der Waals surface area contributed by atoms with Crippen LogP contribution in [0.15, 0.2) is 0 Å². The lowest BCUT2D eigenvalue weighted by Gasteiger charge is -2.17. The highest BCUT2D eigenvalue weighted by atomic mass is 32.9. The summed E-state index contributed by atoms with van der Waals surface area (Å²) in [7, 11) is 0. The average molecular weight is 178 g/mol. The van der Waals surface area contributed by atoms with Gasteiger partial charge in [-0.15, -0.1) is 6.42 Å². The molecule has 1 rings (SSSR count). The van der Waals surface area contributed by atoms with Crippen molar-refractivity contribution in [3.05, 3.63) is 0 Å². The first-order valence-corrected chi connectivity index (χ1v) is 6.77. The smallest absolute Gasteiger partial charge is 0.108 e. The third-order valence-electron chi connectivity index (χ3n) is 1.02. The van der Waals surface area contributed by atoms with Crippen molar-refractivity contribution in [1.29, 1.82) is 0 Å². The predicted molar refractivity (Wildman–Crippen MR) is 46.5 cm³/mol. The molecule has 0 bridgehead atoms. The van der Waals surface area contributed by atoms with Crippen LogP contribution in [0.25, 0.3) is 0 Å². The van der Waals surface area contributed by atoms with E-state index in [1.54, 1.807) is 11.4 Å². The molecule has 0 radical (unpaired) electrons. The van der Waals surface area contributed by atoms with Gasteiger partial charge in [-0.1, -0.05) is 29.1 Å². The Morgan fingerprint density at radius 3 is 3.11 bits per heavy atom. The van der Waals surface area contributed by atoms with Crippen LogP contribution in [0.3, 0.4) is 0 Å². The summed E-state index contributed by atoms with van der Waals surface area (Å²) in [4.78, 5) is 0. The van der Waals surface area contributed by atoms with Crippen LogP contribution in [0.1, 0.15) is 6.42 Å². The fraction of sp³-hybridized carbons (Fsp3) is 0.600. The Hall–Kier alpha value is 0.520. The van der Waals surface area contributed by atoms with Crippen LogP contribution >= 0.6 is 17.5 Å². The molecule has 0 aromatic rings. The van der Waals surface area contributed by atoms with E-state index >= 15 is 0 Å². The predicted octanol–water partition coefficient (Wildman–Crippen LogP) is 1.65. The van der Waals surface area contributed by atoms with E-state index in [9.17, 15) is 0 Å². The molecule has 1 aliphatic heterocycles. The van der Waals surface area contributed by atoms with E-state index in [1.165, 1.54) is 0 Å².